The van der Waals surface area contributed by atoms with Crippen molar-refractivity contribution in [3.05, 3.63) is 11.7 Å². The first-order valence-corrected chi connectivity index (χ1v) is 8.15. The molecule has 2 N–H and O–H groups in total. The van der Waals surface area contributed by atoms with E-state index in [4.69, 9.17) is 15.2 Å². The number of nitrogens with zero attached hydrogens (tertiary/aromatic N) is 2. The standard InChI is InChI=1S/C16H25N3O/c1-9(2)13(17)14-18-15(20-19-14)16-6-10-3-11(7-16)5-12(4-10)8-16/h9-13H,3-8,17H2,1-2H3. The average molecular weight is 275 g/mol. The van der Waals surface area contributed by atoms with E-state index in [1.54, 1.807) is 0 Å². The minimum Gasteiger partial charge on any atom is -0.339 e. The van der Waals surface area contributed by atoms with Gasteiger partial charge >= 0.3 is 0 Å². The van der Waals surface area contributed by atoms with Crippen LogP contribution in [-0.4, -0.2) is 10.1 Å². The van der Waals surface area contributed by atoms with Crippen LogP contribution in [0.3, 0.4) is 0 Å². The van der Waals surface area contributed by atoms with Crippen molar-refractivity contribution in [3.63, 3.8) is 0 Å². The molecule has 4 fully saturated rings. The monoisotopic (exact) mass is 275 g/mol. The van der Waals surface area contributed by atoms with Crippen LogP contribution < -0.4 is 5.73 Å². The van der Waals surface area contributed by atoms with Gasteiger partial charge in [-0.25, -0.2) is 0 Å². The number of hydrogen-bond donors (Lipinski definition) is 1. The fourth-order valence-corrected chi connectivity index (χ4v) is 5.26. The maximum absolute atomic E-state index is 6.16. The number of hydrogen-bond acceptors (Lipinski definition) is 4. The Hall–Kier alpha value is -0.900. The molecule has 1 aromatic rings. The van der Waals surface area contributed by atoms with Gasteiger partial charge < -0.3 is 10.3 Å². The molecule has 0 aliphatic heterocycles. The molecule has 0 spiro atoms. The van der Waals surface area contributed by atoms with Gasteiger partial charge in [0.25, 0.3) is 0 Å². The molecule has 1 heterocycles. The molecule has 4 bridgehead atoms. The molecule has 1 unspecified atom stereocenters. The van der Waals surface area contributed by atoms with E-state index in [1.807, 2.05) is 0 Å². The van der Waals surface area contributed by atoms with Crippen LogP contribution in [-0.2, 0) is 5.41 Å². The van der Waals surface area contributed by atoms with E-state index in [2.05, 4.69) is 19.0 Å². The summed E-state index contributed by atoms with van der Waals surface area (Å²) in [5, 5.41) is 4.18. The van der Waals surface area contributed by atoms with Crippen molar-refractivity contribution in [1.29, 1.82) is 0 Å². The molecule has 4 aliphatic rings. The predicted octanol–water partition coefficient (Wildman–Crippen LogP) is 3.19. The number of aromatic nitrogens is 2. The van der Waals surface area contributed by atoms with Crippen LogP contribution in [0.5, 0.6) is 0 Å². The first-order valence-electron chi connectivity index (χ1n) is 8.15. The van der Waals surface area contributed by atoms with Gasteiger partial charge in [0.05, 0.1) is 11.5 Å². The molecule has 4 aliphatic carbocycles. The summed E-state index contributed by atoms with van der Waals surface area (Å²) < 4.78 is 5.68. The first kappa shape index (κ1) is 12.8. The summed E-state index contributed by atoms with van der Waals surface area (Å²) in [7, 11) is 0. The summed E-state index contributed by atoms with van der Waals surface area (Å²) in [6.07, 6.45) is 8.09. The lowest BCUT2D eigenvalue weighted by Gasteiger charge is -2.55. The lowest BCUT2D eigenvalue weighted by Crippen LogP contribution is -2.48. The van der Waals surface area contributed by atoms with Crippen LogP contribution in [0, 0.1) is 23.7 Å². The van der Waals surface area contributed by atoms with Crippen molar-refractivity contribution in [1.82, 2.24) is 10.1 Å². The Balaban J connectivity index is 1.64. The highest BCUT2D eigenvalue weighted by Gasteiger charge is 2.54. The van der Waals surface area contributed by atoms with Gasteiger partial charge in [0.2, 0.25) is 5.89 Å². The average Bonchev–Trinajstić information content (AvgIpc) is 2.86. The third-order valence-electron chi connectivity index (χ3n) is 5.95. The van der Waals surface area contributed by atoms with Gasteiger partial charge in [-0.3, -0.25) is 0 Å². The Bertz CT molecular complexity index is 472. The van der Waals surface area contributed by atoms with Crippen molar-refractivity contribution in [2.75, 3.05) is 0 Å². The van der Waals surface area contributed by atoms with Crippen LogP contribution in [0.2, 0.25) is 0 Å². The van der Waals surface area contributed by atoms with E-state index in [9.17, 15) is 0 Å². The molecule has 4 heteroatoms. The summed E-state index contributed by atoms with van der Waals surface area (Å²) in [6.45, 7) is 4.21. The summed E-state index contributed by atoms with van der Waals surface area (Å²) in [5.74, 6) is 4.63. The topological polar surface area (TPSA) is 64.9 Å². The van der Waals surface area contributed by atoms with E-state index in [-0.39, 0.29) is 11.5 Å². The SMILES string of the molecule is CC(C)C(N)c1noc(C23CC4CC(CC(C4)C2)C3)n1. The summed E-state index contributed by atoms with van der Waals surface area (Å²) in [5.41, 5.74) is 6.35. The molecule has 110 valence electrons. The Kier molecular flexibility index (Phi) is 2.75. The largest absolute Gasteiger partial charge is 0.339 e. The Morgan fingerprint density at radius 1 is 1.10 bits per heavy atom. The zero-order valence-corrected chi connectivity index (χ0v) is 12.5. The van der Waals surface area contributed by atoms with Gasteiger partial charge in [-0.2, -0.15) is 4.98 Å². The van der Waals surface area contributed by atoms with Crippen LogP contribution >= 0.6 is 0 Å². The molecule has 20 heavy (non-hydrogen) atoms. The second-order valence-corrected chi connectivity index (χ2v) is 7.93. The zero-order chi connectivity index (χ0) is 13.9. The van der Waals surface area contributed by atoms with Crippen LogP contribution in [0.1, 0.15) is 70.1 Å². The second kappa shape index (κ2) is 4.30. The normalized spacial score (nSPS) is 40.5. The van der Waals surface area contributed by atoms with E-state index in [0.717, 1.165) is 23.6 Å². The van der Waals surface area contributed by atoms with Crippen molar-refractivity contribution in [3.8, 4) is 0 Å². The van der Waals surface area contributed by atoms with E-state index < -0.39 is 0 Å². The van der Waals surface area contributed by atoms with Crippen molar-refractivity contribution in [2.24, 2.45) is 29.4 Å². The summed E-state index contributed by atoms with van der Waals surface area (Å²) in [4.78, 5) is 4.72. The van der Waals surface area contributed by atoms with Crippen LogP contribution in [0.4, 0.5) is 0 Å². The quantitative estimate of drug-likeness (QED) is 0.920. The fourth-order valence-electron chi connectivity index (χ4n) is 5.26. The molecular formula is C16H25N3O. The molecular weight excluding hydrogens is 250 g/mol. The number of rotatable bonds is 3. The predicted molar refractivity (Wildman–Crippen MR) is 75.9 cm³/mol. The molecule has 0 saturated heterocycles. The van der Waals surface area contributed by atoms with Crippen molar-refractivity contribution in [2.45, 2.75) is 63.8 Å². The minimum atomic E-state index is -0.110. The summed E-state index contributed by atoms with van der Waals surface area (Å²) in [6, 6.07) is -0.110. The van der Waals surface area contributed by atoms with Crippen molar-refractivity contribution >= 4 is 0 Å². The Labute approximate surface area is 120 Å². The van der Waals surface area contributed by atoms with Gasteiger partial charge in [0.1, 0.15) is 0 Å². The third kappa shape index (κ3) is 1.84. The second-order valence-electron chi connectivity index (χ2n) is 7.93. The Morgan fingerprint density at radius 2 is 1.65 bits per heavy atom. The zero-order valence-electron chi connectivity index (χ0n) is 12.5. The maximum atomic E-state index is 6.16. The maximum Gasteiger partial charge on any atom is 0.232 e. The first-order chi connectivity index (χ1) is 9.56. The van der Waals surface area contributed by atoms with Crippen LogP contribution in [0.15, 0.2) is 4.52 Å². The molecule has 0 aromatic carbocycles. The van der Waals surface area contributed by atoms with Gasteiger partial charge in [-0.05, 0) is 62.2 Å². The third-order valence-corrected chi connectivity index (χ3v) is 5.95. The highest BCUT2D eigenvalue weighted by molar-refractivity contribution is 5.15. The Morgan fingerprint density at radius 3 is 2.15 bits per heavy atom. The van der Waals surface area contributed by atoms with Gasteiger partial charge in [-0.15, -0.1) is 0 Å². The number of nitrogens with two attached hydrogens (primary N) is 1. The smallest absolute Gasteiger partial charge is 0.232 e. The lowest BCUT2D eigenvalue weighted by molar-refractivity contribution is -0.0201. The van der Waals surface area contributed by atoms with E-state index in [0.29, 0.717) is 11.7 Å². The fraction of sp³-hybridized carbons (Fsp3) is 0.875. The molecule has 1 aromatic heterocycles. The minimum absolute atomic E-state index is 0.110. The molecule has 5 rings (SSSR count). The highest BCUT2D eigenvalue weighted by Crippen LogP contribution is 2.60. The molecule has 4 saturated carbocycles. The van der Waals surface area contributed by atoms with E-state index >= 15 is 0 Å². The summed E-state index contributed by atoms with van der Waals surface area (Å²) >= 11 is 0. The van der Waals surface area contributed by atoms with Gasteiger partial charge in [0.15, 0.2) is 5.82 Å². The highest BCUT2D eigenvalue weighted by atomic mass is 16.5. The van der Waals surface area contributed by atoms with Gasteiger partial charge in [-0.1, -0.05) is 19.0 Å². The lowest BCUT2D eigenvalue weighted by atomic mass is 9.49. The molecule has 1 atom stereocenters. The van der Waals surface area contributed by atoms with E-state index in [1.165, 1.54) is 38.5 Å². The van der Waals surface area contributed by atoms with Gasteiger partial charge in [0, 0.05) is 0 Å². The molecule has 0 radical (unpaired) electrons. The molecule has 4 nitrogen and oxygen atoms in total. The van der Waals surface area contributed by atoms with Crippen molar-refractivity contribution < 1.29 is 4.52 Å². The van der Waals surface area contributed by atoms with Crippen LogP contribution in [0.25, 0.3) is 0 Å². The molecule has 0 amide bonds.